The number of pyridine rings is 1. The summed E-state index contributed by atoms with van der Waals surface area (Å²) in [5, 5.41) is 14.5. The monoisotopic (exact) mass is 278 g/mol. The third kappa shape index (κ3) is 3.00. The van der Waals surface area contributed by atoms with Crippen molar-refractivity contribution in [1.29, 1.82) is 0 Å². The third-order valence-electron chi connectivity index (χ3n) is 2.50. The van der Waals surface area contributed by atoms with Gasteiger partial charge in [0.1, 0.15) is 0 Å². The zero-order chi connectivity index (χ0) is 14.0. The summed E-state index contributed by atoms with van der Waals surface area (Å²) in [4.78, 5) is 19.2. The predicted molar refractivity (Wildman–Crippen MR) is 75.1 cm³/mol. The standard InChI is InChI=1S/C12H14N4O2S/c1-6(2)9-5-19-12(15-9)16-10-8(13)3-7(4-14-10)11(17)18/h3-6H,13H2,1-2H3,(H,17,18)(H,14,15,16). The van der Waals surface area contributed by atoms with Crippen molar-refractivity contribution in [3.8, 4) is 0 Å². The molecule has 0 aliphatic rings. The maximum Gasteiger partial charge on any atom is 0.337 e. The number of hydrogen-bond acceptors (Lipinski definition) is 6. The summed E-state index contributed by atoms with van der Waals surface area (Å²) in [7, 11) is 0. The Bertz CT molecular complexity index is 610. The number of nitrogen functional groups attached to an aromatic ring is 1. The van der Waals surface area contributed by atoms with Gasteiger partial charge in [-0.15, -0.1) is 11.3 Å². The molecule has 19 heavy (non-hydrogen) atoms. The van der Waals surface area contributed by atoms with Crippen molar-refractivity contribution in [3.63, 3.8) is 0 Å². The van der Waals surface area contributed by atoms with Gasteiger partial charge in [-0.25, -0.2) is 14.8 Å². The fourth-order valence-electron chi connectivity index (χ4n) is 1.41. The Morgan fingerprint density at radius 2 is 2.26 bits per heavy atom. The van der Waals surface area contributed by atoms with Crippen molar-refractivity contribution in [2.45, 2.75) is 19.8 Å². The van der Waals surface area contributed by atoms with E-state index in [1.54, 1.807) is 0 Å². The fraction of sp³-hybridized carbons (Fsp3) is 0.250. The molecule has 0 bridgehead atoms. The Labute approximate surface area is 114 Å². The molecule has 4 N–H and O–H groups in total. The number of rotatable bonds is 4. The molecule has 0 spiro atoms. The second-order valence-electron chi connectivity index (χ2n) is 4.32. The van der Waals surface area contributed by atoms with E-state index in [0.29, 0.717) is 16.9 Å². The molecule has 7 heteroatoms. The van der Waals surface area contributed by atoms with Crippen LogP contribution in [-0.2, 0) is 0 Å². The number of nitrogens with zero attached hydrogens (tertiary/aromatic N) is 2. The van der Waals surface area contributed by atoms with Gasteiger partial charge >= 0.3 is 5.97 Å². The molecule has 100 valence electrons. The van der Waals surface area contributed by atoms with Crippen LogP contribution < -0.4 is 11.1 Å². The van der Waals surface area contributed by atoms with Crippen LogP contribution in [0.5, 0.6) is 0 Å². The molecule has 2 aromatic heterocycles. The topological polar surface area (TPSA) is 101 Å². The first-order chi connectivity index (χ1) is 8.97. The Morgan fingerprint density at radius 1 is 1.53 bits per heavy atom. The van der Waals surface area contributed by atoms with E-state index in [0.717, 1.165) is 5.69 Å². The van der Waals surface area contributed by atoms with E-state index in [1.165, 1.54) is 23.6 Å². The van der Waals surface area contributed by atoms with Gasteiger partial charge in [-0.05, 0) is 12.0 Å². The van der Waals surface area contributed by atoms with Crippen molar-refractivity contribution in [1.82, 2.24) is 9.97 Å². The average Bonchev–Trinajstić information content (AvgIpc) is 2.80. The average molecular weight is 278 g/mol. The number of aromatic nitrogens is 2. The molecule has 0 radical (unpaired) electrons. The van der Waals surface area contributed by atoms with Crippen molar-refractivity contribution in [2.75, 3.05) is 11.1 Å². The van der Waals surface area contributed by atoms with Crippen LogP contribution in [0.1, 0.15) is 35.8 Å². The van der Waals surface area contributed by atoms with Crippen LogP contribution in [0.25, 0.3) is 0 Å². The van der Waals surface area contributed by atoms with E-state index in [4.69, 9.17) is 10.8 Å². The molecule has 6 nitrogen and oxygen atoms in total. The Kier molecular flexibility index (Phi) is 3.66. The summed E-state index contributed by atoms with van der Waals surface area (Å²) in [6.07, 6.45) is 1.26. The minimum atomic E-state index is -1.05. The summed E-state index contributed by atoms with van der Waals surface area (Å²) in [5.41, 5.74) is 7.09. The largest absolute Gasteiger partial charge is 0.478 e. The number of nitrogens with two attached hydrogens (primary N) is 1. The number of carboxylic acid groups (broad SMARTS) is 1. The molecule has 2 heterocycles. The van der Waals surface area contributed by atoms with Gasteiger partial charge in [0.05, 0.1) is 16.9 Å². The van der Waals surface area contributed by atoms with Crippen LogP contribution in [-0.4, -0.2) is 21.0 Å². The maximum atomic E-state index is 10.8. The highest BCUT2D eigenvalue weighted by molar-refractivity contribution is 7.13. The molecule has 0 amide bonds. The van der Waals surface area contributed by atoms with Crippen LogP contribution in [0.3, 0.4) is 0 Å². The van der Waals surface area contributed by atoms with Crippen molar-refractivity contribution >= 4 is 33.9 Å². The SMILES string of the molecule is CC(C)c1csc(Nc2ncc(C(=O)O)cc2N)n1. The lowest BCUT2D eigenvalue weighted by Crippen LogP contribution is -2.03. The first-order valence-corrected chi connectivity index (χ1v) is 6.56. The molecule has 2 aromatic rings. The second-order valence-corrected chi connectivity index (χ2v) is 5.18. The van der Waals surface area contributed by atoms with Crippen molar-refractivity contribution < 1.29 is 9.90 Å². The number of thiazole rings is 1. The number of nitrogens with one attached hydrogen (secondary N) is 1. The van der Waals surface area contributed by atoms with Gasteiger partial charge < -0.3 is 16.2 Å². The van der Waals surface area contributed by atoms with E-state index in [1.807, 2.05) is 5.38 Å². The van der Waals surface area contributed by atoms with Crippen LogP contribution in [0.2, 0.25) is 0 Å². The van der Waals surface area contributed by atoms with Crippen molar-refractivity contribution in [3.05, 3.63) is 28.9 Å². The van der Waals surface area contributed by atoms with E-state index < -0.39 is 5.97 Å². The third-order valence-corrected chi connectivity index (χ3v) is 3.28. The number of carbonyl (C=O) groups is 1. The highest BCUT2D eigenvalue weighted by Crippen LogP contribution is 2.26. The summed E-state index contributed by atoms with van der Waals surface area (Å²) in [6.45, 7) is 4.13. The van der Waals surface area contributed by atoms with Gasteiger partial charge in [0.25, 0.3) is 0 Å². The van der Waals surface area contributed by atoms with E-state index in [-0.39, 0.29) is 11.3 Å². The molecule has 0 aromatic carbocycles. The van der Waals surface area contributed by atoms with Crippen LogP contribution in [0.4, 0.5) is 16.6 Å². The minimum absolute atomic E-state index is 0.0602. The van der Waals surface area contributed by atoms with Crippen LogP contribution in [0, 0.1) is 0 Å². The molecule has 0 saturated carbocycles. The highest BCUT2D eigenvalue weighted by atomic mass is 32.1. The summed E-state index contributed by atoms with van der Waals surface area (Å²) in [6, 6.07) is 1.37. The molecule has 2 rings (SSSR count). The lowest BCUT2D eigenvalue weighted by molar-refractivity contribution is 0.0696. The quantitative estimate of drug-likeness (QED) is 0.794. The predicted octanol–water partition coefficient (Wildman–Crippen LogP) is 2.69. The van der Waals surface area contributed by atoms with Gasteiger partial charge in [0.15, 0.2) is 10.9 Å². The maximum absolute atomic E-state index is 10.8. The summed E-state index contributed by atoms with van der Waals surface area (Å²) >= 11 is 1.46. The highest BCUT2D eigenvalue weighted by Gasteiger charge is 2.10. The Hall–Kier alpha value is -2.15. The zero-order valence-electron chi connectivity index (χ0n) is 10.5. The Morgan fingerprint density at radius 3 is 2.79 bits per heavy atom. The van der Waals surface area contributed by atoms with E-state index in [2.05, 4.69) is 29.1 Å². The first kappa shape index (κ1) is 13.3. The molecular formula is C12H14N4O2S. The van der Waals surface area contributed by atoms with Gasteiger partial charge in [-0.1, -0.05) is 13.8 Å². The molecule has 0 saturated heterocycles. The molecular weight excluding hydrogens is 264 g/mol. The van der Waals surface area contributed by atoms with Gasteiger partial charge in [-0.3, -0.25) is 0 Å². The number of anilines is 3. The van der Waals surface area contributed by atoms with Crippen LogP contribution in [0.15, 0.2) is 17.6 Å². The molecule has 0 atom stereocenters. The summed E-state index contributed by atoms with van der Waals surface area (Å²) < 4.78 is 0. The summed E-state index contributed by atoms with van der Waals surface area (Å²) in [5.74, 6) is -0.289. The van der Waals surface area contributed by atoms with Crippen molar-refractivity contribution in [2.24, 2.45) is 0 Å². The van der Waals surface area contributed by atoms with E-state index in [9.17, 15) is 4.79 Å². The number of hydrogen-bond donors (Lipinski definition) is 3. The van der Waals surface area contributed by atoms with Gasteiger partial charge in [0.2, 0.25) is 0 Å². The lowest BCUT2D eigenvalue weighted by Gasteiger charge is -2.06. The smallest absolute Gasteiger partial charge is 0.337 e. The molecule has 0 unspecified atom stereocenters. The molecule has 0 aliphatic heterocycles. The first-order valence-electron chi connectivity index (χ1n) is 5.68. The number of aromatic carboxylic acids is 1. The fourth-order valence-corrected chi connectivity index (χ4v) is 2.28. The van der Waals surface area contributed by atoms with E-state index >= 15 is 0 Å². The second kappa shape index (κ2) is 5.23. The molecule has 0 fully saturated rings. The van der Waals surface area contributed by atoms with Gasteiger partial charge in [-0.2, -0.15) is 0 Å². The normalized spacial score (nSPS) is 10.7. The minimum Gasteiger partial charge on any atom is -0.478 e. The van der Waals surface area contributed by atoms with Crippen LogP contribution >= 0.6 is 11.3 Å². The van der Waals surface area contributed by atoms with Gasteiger partial charge in [0, 0.05) is 11.6 Å². The number of carboxylic acids is 1. The Balaban J connectivity index is 2.20. The lowest BCUT2D eigenvalue weighted by atomic mass is 10.2. The zero-order valence-corrected chi connectivity index (χ0v) is 11.4. The molecule has 0 aliphatic carbocycles.